The van der Waals surface area contributed by atoms with Gasteiger partial charge in [0.1, 0.15) is 19.5 Å². The Kier molecular flexibility index (Phi) is 5.52. The van der Waals surface area contributed by atoms with Crippen LogP contribution in [0.5, 0.6) is 0 Å². The molecule has 0 bridgehead atoms. The van der Waals surface area contributed by atoms with Crippen LogP contribution < -0.4 is 9.13 Å². The number of aryl methyl sites for hydroxylation is 3. The first kappa shape index (κ1) is 24.4. The third kappa shape index (κ3) is 3.16. The van der Waals surface area contributed by atoms with Gasteiger partial charge in [0.25, 0.3) is 11.4 Å². The Morgan fingerprint density at radius 2 is 1.11 bits per heavy atom. The predicted molar refractivity (Wildman–Crippen MR) is 148 cm³/mol. The smallest absolute Gasteiger partial charge is 0.196 e. The average Bonchev–Trinajstić information content (AvgIpc) is 2.83. The molecule has 0 saturated heterocycles. The molecule has 0 N–H and O–H groups in total. The predicted octanol–water partition coefficient (Wildman–Crippen LogP) is 6.54. The maximum absolute atomic E-state index is 2.49. The first-order valence-electron chi connectivity index (χ1n) is 13.1. The monoisotopic (exact) mass is 476 g/mol. The molecule has 184 valence electrons. The number of rotatable bonds is 3. The summed E-state index contributed by atoms with van der Waals surface area (Å²) in [5, 5.41) is 0. The first-order valence-corrected chi connectivity index (χ1v) is 13.1. The minimum Gasteiger partial charge on any atom is -0.196 e. The van der Waals surface area contributed by atoms with Crippen LogP contribution in [0.2, 0.25) is 0 Å². The van der Waals surface area contributed by atoms with E-state index in [2.05, 4.69) is 151 Å². The van der Waals surface area contributed by atoms with Gasteiger partial charge in [-0.3, -0.25) is 0 Å². The van der Waals surface area contributed by atoms with Crippen LogP contribution in [0.25, 0.3) is 11.4 Å². The lowest BCUT2D eigenvalue weighted by Gasteiger charge is -2.45. The zero-order valence-electron chi connectivity index (χ0n) is 23.4. The average molecular weight is 477 g/mol. The lowest BCUT2D eigenvalue weighted by Crippen LogP contribution is -2.54. The molecule has 36 heavy (non-hydrogen) atoms. The summed E-state index contributed by atoms with van der Waals surface area (Å²) in [4.78, 5) is 0. The summed E-state index contributed by atoms with van der Waals surface area (Å²) >= 11 is 0. The summed E-state index contributed by atoms with van der Waals surface area (Å²) in [5.41, 5.74) is 11.7. The highest BCUT2D eigenvalue weighted by Crippen LogP contribution is 2.52. The second-order valence-corrected chi connectivity index (χ2v) is 11.9. The SMILES string of the molecule is Cc1ccccc1C(C)(c1ccccc1C)c1ccc2c([n+]1C)-c1c(ccc[n+]1C)C(C)(C)C2(C)C. The van der Waals surface area contributed by atoms with Gasteiger partial charge in [0.15, 0.2) is 11.9 Å². The van der Waals surface area contributed by atoms with Crippen molar-refractivity contribution in [2.24, 2.45) is 14.1 Å². The van der Waals surface area contributed by atoms with Crippen LogP contribution in [-0.2, 0) is 30.3 Å². The van der Waals surface area contributed by atoms with Gasteiger partial charge in [-0.25, -0.2) is 0 Å². The summed E-state index contributed by atoms with van der Waals surface area (Å²) in [7, 11) is 4.46. The maximum Gasteiger partial charge on any atom is 0.281 e. The van der Waals surface area contributed by atoms with Crippen LogP contribution in [0.3, 0.4) is 0 Å². The van der Waals surface area contributed by atoms with Crippen molar-refractivity contribution >= 4 is 0 Å². The summed E-state index contributed by atoms with van der Waals surface area (Å²) in [5.74, 6) is 0. The Bertz CT molecular complexity index is 1440. The van der Waals surface area contributed by atoms with Crippen molar-refractivity contribution < 1.29 is 9.13 Å². The standard InChI is InChI=1S/C34H40N2/c1-23-15-10-12-17-25(23)34(7,26-18-13-11-16-24(26)2)29-21-20-28-31(36(29)9)30-27(19-14-22-35(30)8)32(3,4)33(28,5)6/h10-22H,1-9H3/q+2. The minimum absolute atomic E-state index is 0.00178. The number of hydrogen-bond donors (Lipinski definition) is 0. The van der Waals surface area contributed by atoms with Gasteiger partial charge in [0.05, 0.1) is 0 Å². The van der Waals surface area contributed by atoms with E-state index in [9.17, 15) is 0 Å². The third-order valence-electron chi connectivity index (χ3n) is 9.55. The van der Waals surface area contributed by atoms with Gasteiger partial charge in [-0.05, 0) is 55.2 Å². The number of nitrogens with zero attached hydrogens (tertiary/aromatic N) is 2. The quantitative estimate of drug-likeness (QED) is 0.297. The molecule has 0 amide bonds. The van der Waals surface area contributed by atoms with Crippen molar-refractivity contribution in [3.63, 3.8) is 0 Å². The molecule has 1 aliphatic rings. The van der Waals surface area contributed by atoms with E-state index in [-0.39, 0.29) is 16.2 Å². The van der Waals surface area contributed by atoms with E-state index in [1.54, 1.807) is 0 Å². The third-order valence-corrected chi connectivity index (χ3v) is 9.55. The number of pyridine rings is 2. The van der Waals surface area contributed by atoms with E-state index in [0.717, 1.165) is 0 Å². The van der Waals surface area contributed by atoms with Crippen LogP contribution in [0.4, 0.5) is 0 Å². The summed E-state index contributed by atoms with van der Waals surface area (Å²) in [6.45, 7) is 16.5. The molecule has 2 heterocycles. The topological polar surface area (TPSA) is 7.76 Å². The lowest BCUT2D eigenvalue weighted by molar-refractivity contribution is -0.696. The van der Waals surface area contributed by atoms with Crippen LogP contribution in [0.15, 0.2) is 79.0 Å². The molecule has 2 nitrogen and oxygen atoms in total. The van der Waals surface area contributed by atoms with Crippen LogP contribution in [-0.4, -0.2) is 0 Å². The van der Waals surface area contributed by atoms with Gasteiger partial charge >= 0.3 is 0 Å². The Balaban J connectivity index is 1.92. The van der Waals surface area contributed by atoms with Gasteiger partial charge in [-0.2, -0.15) is 9.13 Å². The molecule has 2 aromatic heterocycles. The highest BCUT2D eigenvalue weighted by Gasteiger charge is 2.54. The number of fused-ring (bicyclic) bond motifs is 3. The molecule has 0 atom stereocenters. The molecule has 0 spiro atoms. The zero-order valence-corrected chi connectivity index (χ0v) is 23.4. The Labute approximate surface area is 217 Å². The van der Waals surface area contributed by atoms with Crippen molar-refractivity contribution in [3.8, 4) is 11.4 Å². The summed E-state index contributed by atoms with van der Waals surface area (Å²) in [6.07, 6.45) is 2.19. The second-order valence-electron chi connectivity index (χ2n) is 11.9. The fraction of sp³-hybridized carbons (Fsp3) is 0.353. The first-order chi connectivity index (χ1) is 16.9. The van der Waals surface area contributed by atoms with Gasteiger partial charge in [-0.15, -0.1) is 0 Å². The highest BCUT2D eigenvalue weighted by molar-refractivity contribution is 5.67. The molecule has 0 saturated carbocycles. The van der Waals surface area contributed by atoms with Crippen molar-refractivity contribution in [1.82, 2.24) is 0 Å². The van der Waals surface area contributed by atoms with E-state index in [0.29, 0.717) is 0 Å². The van der Waals surface area contributed by atoms with E-state index in [4.69, 9.17) is 0 Å². The lowest BCUT2D eigenvalue weighted by atomic mass is 9.56. The van der Waals surface area contributed by atoms with Crippen LogP contribution in [0, 0.1) is 13.8 Å². The van der Waals surface area contributed by atoms with Gasteiger partial charge in [0.2, 0.25) is 0 Å². The molecule has 4 aromatic rings. The maximum atomic E-state index is 2.49. The van der Waals surface area contributed by atoms with Gasteiger partial charge in [-0.1, -0.05) is 76.2 Å². The van der Waals surface area contributed by atoms with Crippen LogP contribution in [0.1, 0.15) is 73.7 Å². The molecule has 0 fully saturated rings. The van der Waals surface area contributed by atoms with E-state index < -0.39 is 0 Å². The fourth-order valence-corrected chi connectivity index (χ4v) is 6.72. The van der Waals surface area contributed by atoms with Crippen molar-refractivity contribution in [2.75, 3.05) is 0 Å². The van der Waals surface area contributed by atoms with E-state index >= 15 is 0 Å². The Morgan fingerprint density at radius 3 is 1.64 bits per heavy atom. The molecule has 2 aromatic carbocycles. The van der Waals surface area contributed by atoms with Gasteiger partial charge < -0.3 is 0 Å². The molecule has 0 unspecified atom stereocenters. The zero-order chi connectivity index (χ0) is 26.0. The molecular weight excluding hydrogens is 436 g/mol. The molecule has 5 rings (SSSR count). The molecule has 0 radical (unpaired) electrons. The van der Waals surface area contributed by atoms with E-state index in [1.165, 1.54) is 50.5 Å². The Hall–Kier alpha value is -3.26. The number of hydrogen-bond acceptors (Lipinski definition) is 0. The molecule has 0 aliphatic heterocycles. The molecule has 2 heteroatoms. The second kappa shape index (κ2) is 8.13. The van der Waals surface area contributed by atoms with Gasteiger partial charge in [0, 0.05) is 34.1 Å². The summed E-state index contributed by atoms with van der Waals surface area (Å²) in [6, 6.07) is 27.1. The van der Waals surface area contributed by atoms with Crippen molar-refractivity contribution in [2.45, 2.75) is 64.7 Å². The minimum atomic E-state index is -0.314. The largest absolute Gasteiger partial charge is 0.281 e. The van der Waals surface area contributed by atoms with E-state index in [1.807, 2.05) is 0 Å². The fourth-order valence-electron chi connectivity index (χ4n) is 6.72. The molecule has 1 aliphatic carbocycles. The highest BCUT2D eigenvalue weighted by atomic mass is 15.0. The number of benzene rings is 2. The molecular formula is C34H40N2+2. The van der Waals surface area contributed by atoms with Crippen molar-refractivity contribution in [3.05, 3.63) is 118 Å². The normalized spacial score (nSPS) is 15.8. The summed E-state index contributed by atoms with van der Waals surface area (Å²) < 4.78 is 4.80. The Morgan fingerprint density at radius 1 is 0.611 bits per heavy atom. The number of aromatic nitrogens is 2. The van der Waals surface area contributed by atoms with Crippen molar-refractivity contribution in [1.29, 1.82) is 0 Å². The van der Waals surface area contributed by atoms with Crippen LogP contribution >= 0.6 is 0 Å².